The minimum atomic E-state index is -3.83. The largest absolute Gasteiger partial charge is 0.324 e. The van der Waals surface area contributed by atoms with E-state index in [0.29, 0.717) is 15.7 Å². The Bertz CT molecular complexity index is 978. The molecule has 156 valence electrons. The van der Waals surface area contributed by atoms with Gasteiger partial charge in [-0.3, -0.25) is 4.79 Å². The number of halogens is 3. The first-order valence-electron chi connectivity index (χ1n) is 9.29. The number of nitrogens with one attached hydrogen (secondary N) is 1. The van der Waals surface area contributed by atoms with Crippen LogP contribution in [0, 0.1) is 0 Å². The van der Waals surface area contributed by atoms with E-state index in [1.807, 2.05) is 0 Å². The fraction of sp³-hybridized carbons (Fsp3) is 0.350. The first-order valence-corrected chi connectivity index (χ1v) is 12.3. The van der Waals surface area contributed by atoms with Gasteiger partial charge in [0.1, 0.15) is 0 Å². The van der Waals surface area contributed by atoms with E-state index >= 15 is 0 Å². The Hall–Kier alpha value is -1.12. The van der Waals surface area contributed by atoms with E-state index < -0.39 is 15.9 Å². The fourth-order valence-corrected chi connectivity index (χ4v) is 5.69. The Morgan fingerprint density at radius 2 is 1.72 bits per heavy atom. The van der Waals surface area contributed by atoms with Crippen molar-refractivity contribution in [1.29, 1.82) is 0 Å². The summed E-state index contributed by atoms with van der Waals surface area (Å²) in [6.07, 6.45) is 4.44. The van der Waals surface area contributed by atoms with Gasteiger partial charge in [0.15, 0.2) is 0 Å². The molecule has 0 heterocycles. The Morgan fingerprint density at radius 3 is 2.38 bits per heavy atom. The van der Waals surface area contributed by atoms with Crippen LogP contribution in [0.15, 0.2) is 51.8 Å². The van der Waals surface area contributed by atoms with Crippen molar-refractivity contribution in [2.75, 3.05) is 11.9 Å². The molecule has 9 heteroatoms. The predicted octanol–water partition coefficient (Wildman–Crippen LogP) is 5.72. The van der Waals surface area contributed by atoms with E-state index in [-0.39, 0.29) is 17.5 Å². The van der Waals surface area contributed by atoms with E-state index in [0.717, 1.165) is 36.6 Å². The van der Waals surface area contributed by atoms with Crippen molar-refractivity contribution in [2.24, 2.45) is 0 Å². The lowest BCUT2D eigenvalue weighted by molar-refractivity contribution is -0.116. The zero-order chi connectivity index (χ0) is 21.0. The van der Waals surface area contributed by atoms with Crippen molar-refractivity contribution in [1.82, 2.24) is 4.31 Å². The Labute approximate surface area is 189 Å². The molecule has 0 atom stereocenters. The van der Waals surface area contributed by atoms with Crippen molar-refractivity contribution < 1.29 is 13.2 Å². The van der Waals surface area contributed by atoms with Gasteiger partial charge in [0.05, 0.1) is 22.2 Å². The van der Waals surface area contributed by atoms with E-state index in [1.54, 1.807) is 36.4 Å². The highest BCUT2D eigenvalue weighted by Gasteiger charge is 2.34. The van der Waals surface area contributed by atoms with Crippen LogP contribution in [-0.4, -0.2) is 31.2 Å². The van der Waals surface area contributed by atoms with Crippen LogP contribution in [0.1, 0.15) is 32.1 Å². The van der Waals surface area contributed by atoms with E-state index in [4.69, 9.17) is 23.2 Å². The molecular weight excluding hydrogens is 499 g/mol. The van der Waals surface area contributed by atoms with Gasteiger partial charge < -0.3 is 5.32 Å². The number of sulfonamides is 1. The van der Waals surface area contributed by atoms with Gasteiger partial charge in [0, 0.05) is 15.5 Å². The summed E-state index contributed by atoms with van der Waals surface area (Å²) in [6, 6.07) is 11.0. The van der Waals surface area contributed by atoms with Crippen LogP contribution >= 0.6 is 39.1 Å². The Balaban J connectivity index is 1.86. The Morgan fingerprint density at radius 1 is 1.07 bits per heavy atom. The molecule has 1 amide bonds. The highest BCUT2D eigenvalue weighted by Crippen LogP contribution is 2.29. The number of anilines is 1. The summed E-state index contributed by atoms with van der Waals surface area (Å²) >= 11 is 15.4. The first kappa shape index (κ1) is 22.6. The van der Waals surface area contributed by atoms with Gasteiger partial charge in [-0.2, -0.15) is 4.31 Å². The first-order chi connectivity index (χ1) is 13.8. The number of benzene rings is 2. The smallest absolute Gasteiger partial charge is 0.243 e. The quantitative estimate of drug-likeness (QED) is 0.530. The standard InChI is InChI=1S/C20H21BrCl2N2O3S/c21-14-6-9-17(10-7-14)29(27,28)25(16-4-2-1-3-5-16)13-20(26)24-19-12-15(22)8-11-18(19)23/h6-12,16H,1-5,13H2,(H,24,26). The molecule has 29 heavy (non-hydrogen) atoms. The molecule has 3 rings (SSSR count). The molecule has 0 aliphatic heterocycles. The molecule has 0 radical (unpaired) electrons. The minimum Gasteiger partial charge on any atom is -0.324 e. The second-order valence-electron chi connectivity index (χ2n) is 6.97. The molecule has 1 aliphatic carbocycles. The van der Waals surface area contributed by atoms with Gasteiger partial charge in [0.2, 0.25) is 15.9 Å². The average molecular weight is 520 g/mol. The molecule has 2 aromatic carbocycles. The highest BCUT2D eigenvalue weighted by atomic mass is 79.9. The van der Waals surface area contributed by atoms with Crippen LogP contribution in [-0.2, 0) is 14.8 Å². The Kier molecular flexibility index (Phi) is 7.62. The third-order valence-electron chi connectivity index (χ3n) is 4.90. The number of carbonyl (C=O) groups is 1. The van der Waals surface area contributed by atoms with E-state index in [2.05, 4.69) is 21.2 Å². The van der Waals surface area contributed by atoms with Crippen LogP contribution in [0.3, 0.4) is 0 Å². The normalized spacial score (nSPS) is 15.4. The summed E-state index contributed by atoms with van der Waals surface area (Å²) in [7, 11) is -3.83. The highest BCUT2D eigenvalue weighted by molar-refractivity contribution is 9.10. The molecule has 0 aromatic heterocycles. The van der Waals surface area contributed by atoms with Gasteiger partial charge >= 0.3 is 0 Å². The SMILES string of the molecule is O=C(CN(C1CCCCC1)S(=O)(=O)c1ccc(Br)cc1)Nc1cc(Cl)ccc1Cl. The average Bonchev–Trinajstić information content (AvgIpc) is 2.70. The summed E-state index contributed by atoms with van der Waals surface area (Å²) < 4.78 is 28.8. The summed E-state index contributed by atoms with van der Waals surface area (Å²) in [5.74, 6) is -0.458. The number of rotatable bonds is 6. The molecule has 1 fully saturated rings. The lowest BCUT2D eigenvalue weighted by Crippen LogP contribution is -2.45. The van der Waals surface area contributed by atoms with E-state index in [9.17, 15) is 13.2 Å². The van der Waals surface area contributed by atoms with Gasteiger partial charge in [-0.05, 0) is 55.3 Å². The minimum absolute atomic E-state index is 0.167. The van der Waals surface area contributed by atoms with Crippen LogP contribution in [0.25, 0.3) is 0 Å². The van der Waals surface area contributed by atoms with Gasteiger partial charge in [-0.25, -0.2) is 8.42 Å². The number of carbonyl (C=O) groups excluding carboxylic acids is 1. The van der Waals surface area contributed by atoms with Crippen molar-refractivity contribution in [3.63, 3.8) is 0 Å². The van der Waals surface area contributed by atoms with Gasteiger partial charge in [0.25, 0.3) is 0 Å². The van der Waals surface area contributed by atoms with Crippen molar-refractivity contribution in [2.45, 2.75) is 43.0 Å². The third-order valence-corrected chi connectivity index (χ3v) is 7.91. The third kappa shape index (κ3) is 5.73. The number of amides is 1. The van der Waals surface area contributed by atoms with Crippen LogP contribution in [0.2, 0.25) is 10.0 Å². The number of hydrogen-bond donors (Lipinski definition) is 1. The zero-order valence-electron chi connectivity index (χ0n) is 15.6. The number of nitrogens with zero attached hydrogens (tertiary/aromatic N) is 1. The van der Waals surface area contributed by atoms with Crippen LogP contribution in [0.5, 0.6) is 0 Å². The summed E-state index contributed by atoms with van der Waals surface area (Å²) in [5.41, 5.74) is 0.355. The van der Waals surface area contributed by atoms with Crippen molar-refractivity contribution in [3.05, 3.63) is 57.0 Å². The zero-order valence-corrected chi connectivity index (χ0v) is 19.5. The molecule has 1 aliphatic rings. The molecule has 1 N–H and O–H groups in total. The summed E-state index contributed by atoms with van der Waals surface area (Å²) in [4.78, 5) is 12.9. The fourth-order valence-electron chi connectivity index (χ4n) is 3.45. The van der Waals surface area contributed by atoms with Crippen LogP contribution in [0.4, 0.5) is 5.69 Å². The molecular formula is C20H21BrCl2N2O3S. The maximum Gasteiger partial charge on any atom is 0.243 e. The van der Waals surface area contributed by atoms with E-state index in [1.165, 1.54) is 10.4 Å². The predicted molar refractivity (Wildman–Crippen MR) is 120 cm³/mol. The lowest BCUT2D eigenvalue weighted by atomic mass is 9.95. The lowest BCUT2D eigenvalue weighted by Gasteiger charge is -2.33. The maximum atomic E-state index is 13.3. The summed E-state index contributed by atoms with van der Waals surface area (Å²) in [6.45, 7) is -0.286. The van der Waals surface area contributed by atoms with Gasteiger partial charge in [-0.1, -0.05) is 58.4 Å². The maximum absolute atomic E-state index is 13.3. The van der Waals surface area contributed by atoms with Crippen molar-refractivity contribution >= 4 is 60.7 Å². The van der Waals surface area contributed by atoms with Crippen LogP contribution < -0.4 is 5.32 Å². The molecule has 1 saturated carbocycles. The molecule has 0 saturated heterocycles. The second-order valence-corrected chi connectivity index (χ2v) is 10.6. The summed E-state index contributed by atoms with van der Waals surface area (Å²) in [5, 5.41) is 3.45. The number of hydrogen-bond acceptors (Lipinski definition) is 3. The molecule has 2 aromatic rings. The molecule has 0 spiro atoms. The van der Waals surface area contributed by atoms with Crippen molar-refractivity contribution in [3.8, 4) is 0 Å². The topological polar surface area (TPSA) is 66.5 Å². The van der Waals surface area contributed by atoms with Gasteiger partial charge in [-0.15, -0.1) is 0 Å². The molecule has 5 nitrogen and oxygen atoms in total. The molecule has 0 bridgehead atoms. The second kappa shape index (κ2) is 9.79. The monoisotopic (exact) mass is 518 g/mol. The molecule has 0 unspecified atom stereocenters.